The Kier molecular flexibility index (Phi) is 7.48. The van der Waals surface area contributed by atoms with Gasteiger partial charge in [-0.2, -0.15) is 0 Å². The van der Waals surface area contributed by atoms with Crippen molar-refractivity contribution in [2.24, 2.45) is 0 Å². The molecule has 4 rings (SSSR count). The molecule has 3 atom stereocenters. The van der Waals surface area contributed by atoms with Gasteiger partial charge in [-0.3, -0.25) is 0 Å². The SMILES string of the molecule is CC1(C)O[C@@H](CO[Si](c2ccccc2)(c2ccccc2)C(C)(C)C)[C@H](CC(O)c2cccs2)O1. The molecule has 1 aliphatic heterocycles. The highest BCUT2D eigenvalue weighted by atomic mass is 32.1. The summed E-state index contributed by atoms with van der Waals surface area (Å²) < 4.78 is 19.7. The lowest BCUT2D eigenvalue weighted by atomic mass is 10.1. The van der Waals surface area contributed by atoms with Gasteiger partial charge in [0.1, 0.15) is 6.10 Å². The van der Waals surface area contributed by atoms with E-state index in [1.807, 2.05) is 31.4 Å². The van der Waals surface area contributed by atoms with Gasteiger partial charge in [0.05, 0.1) is 18.8 Å². The van der Waals surface area contributed by atoms with Crippen molar-refractivity contribution in [1.29, 1.82) is 0 Å². The fourth-order valence-electron chi connectivity index (χ4n) is 5.04. The van der Waals surface area contributed by atoms with Crippen molar-refractivity contribution in [2.75, 3.05) is 6.61 Å². The lowest BCUT2D eigenvalue weighted by Crippen LogP contribution is -2.67. The molecule has 1 N–H and O–H groups in total. The summed E-state index contributed by atoms with van der Waals surface area (Å²) in [5.41, 5.74) is 0. The van der Waals surface area contributed by atoms with Crippen molar-refractivity contribution in [3.8, 4) is 0 Å². The van der Waals surface area contributed by atoms with Crippen LogP contribution in [0.4, 0.5) is 0 Å². The largest absolute Gasteiger partial charge is 0.405 e. The normalized spacial score (nSPS) is 21.5. The summed E-state index contributed by atoms with van der Waals surface area (Å²) in [7, 11) is -2.68. The van der Waals surface area contributed by atoms with E-state index < -0.39 is 20.2 Å². The Morgan fingerprint density at radius 3 is 1.97 bits per heavy atom. The maximum absolute atomic E-state index is 10.8. The highest BCUT2D eigenvalue weighted by molar-refractivity contribution is 7.10. The summed E-state index contributed by atoms with van der Waals surface area (Å²) in [4.78, 5) is 0.944. The third-order valence-corrected chi connectivity index (χ3v) is 12.5. The number of aliphatic hydroxyl groups excluding tert-OH is 1. The van der Waals surface area contributed by atoms with Crippen molar-refractivity contribution >= 4 is 30.0 Å². The predicted molar refractivity (Wildman–Crippen MR) is 141 cm³/mol. The lowest BCUT2D eigenvalue weighted by Gasteiger charge is -2.43. The van der Waals surface area contributed by atoms with E-state index in [2.05, 4.69) is 81.4 Å². The molecule has 0 amide bonds. The van der Waals surface area contributed by atoms with Crippen molar-refractivity contribution in [1.82, 2.24) is 0 Å². The van der Waals surface area contributed by atoms with E-state index in [4.69, 9.17) is 13.9 Å². The van der Waals surface area contributed by atoms with Gasteiger partial charge < -0.3 is 19.0 Å². The second-order valence-electron chi connectivity index (χ2n) is 10.5. The van der Waals surface area contributed by atoms with E-state index in [9.17, 15) is 5.11 Å². The number of thiophene rings is 1. The molecular formula is C28H36O4SSi. The first kappa shape index (κ1) is 25.3. The molecule has 1 aromatic heterocycles. The van der Waals surface area contributed by atoms with E-state index in [-0.39, 0.29) is 17.2 Å². The third-order valence-electron chi connectivity index (χ3n) is 6.49. The van der Waals surface area contributed by atoms with Gasteiger partial charge in [-0.05, 0) is 40.7 Å². The molecular weight excluding hydrogens is 460 g/mol. The molecule has 4 nitrogen and oxygen atoms in total. The van der Waals surface area contributed by atoms with E-state index in [1.54, 1.807) is 11.3 Å². The molecule has 1 saturated heterocycles. The smallest absolute Gasteiger partial charge is 0.261 e. The molecule has 1 aliphatic rings. The van der Waals surface area contributed by atoms with Gasteiger partial charge >= 0.3 is 0 Å². The van der Waals surface area contributed by atoms with E-state index >= 15 is 0 Å². The van der Waals surface area contributed by atoms with Gasteiger partial charge in [0, 0.05) is 11.3 Å². The molecule has 0 spiro atoms. The zero-order valence-corrected chi connectivity index (χ0v) is 22.5. The highest BCUT2D eigenvalue weighted by Crippen LogP contribution is 2.39. The maximum Gasteiger partial charge on any atom is 0.261 e. The summed E-state index contributed by atoms with van der Waals surface area (Å²) in [6, 6.07) is 25.2. The molecule has 182 valence electrons. The summed E-state index contributed by atoms with van der Waals surface area (Å²) >= 11 is 1.56. The van der Waals surface area contributed by atoms with Gasteiger partial charge in [0.25, 0.3) is 8.32 Å². The van der Waals surface area contributed by atoms with E-state index in [0.717, 1.165) is 4.88 Å². The number of hydrogen-bond acceptors (Lipinski definition) is 5. The zero-order valence-electron chi connectivity index (χ0n) is 20.7. The minimum atomic E-state index is -2.68. The number of ether oxygens (including phenoxy) is 2. The second kappa shape index (κ2) is 10.1. The molecule has 6 heteroatoms. The number of rotatable bonds is 8. The Balaban J connectivity index is 1.65. The molecule has 0 radical (unpaired) electrons. The number of hydrogen-bond donors (Lipinski definition) is 1. The van der Waals surface area contributed by atoms with Crippen molar-refractivity contribution in [2.45, 2.75) is 70.2 Å². The standard InChI is InChI=1S/C28H36O4SSi/c1-27(2,3)34(21-13-8-6-9-14-21,22-15-10-7-11-16-22)30-20-25-24(31-28(4,5)32-25)19-23(29)26-17-12-18-33-26/h6-18,23-25,29H,19-20H2,1-5H3/t23?,24-,25-/m0/s1. The summed E-state index contributed by atoms with van der Waals surface area (Å²) in [6.45, 7) is 11.1. The first-order chi connectivity index (χ1) is 16.1. The Morgan fingerprint density at radius 2 is 1.47 bits per heavy atom. The zero-order chi connectivity index (χ0) is 24.4. The average Bonchev–Trinajstić information content (AvgIpc) is 3.43. The summed E-state index contributed by atoms with van der Waals surface area (Å²) in [5, 5.41) is 15.2. The Bertz CT molecular complexity index is 992. The van der Waals surface area contributed by atoms with Crippen LogP contribution in [-0.4, -0.2) is 38.0 Å². The maximum atomic E-state index is 10.8. The Hall–Kier alpha value is -1.80. The molecule has 0 aliphatic carbocycles. The highest BCUT2D eigenvalue weighted by Gasteiger charge is 2.52. The van der Waals surface area contributed by atoms with Crippen LogP contribution in [0.2, 0.25) is 5.04 Å². The number of benzene rings is 2. The summed E-state index contributed by atoms with van der Waals surface area (Å²) in [6.07, 6.45) is -0.645. The van der Waals surface area contributed by atoms with Crippen molar-refractivity contribution < 1.29 is 19.0 Å². The van der Waals surface area contributed by atoms with Crippen molar-refractivity contribution in [3.63, 3.8) is 0 Å². The Labute approximate surface area is 208 Å². The fourth-order valence-corrected chi connectivity index (χ4v) is 10.3. The topological polar surface area (TPSA) is 47.9 Å². The van der Waals surface area contributed by atoms with Crippen LogP contribution in [0.15, 0.2) is 78.2 Å². The van der Waals surface area contributed by atoms with Crippen molar-refractivity contribution in [3.05, 3.63) is 83.1 Å². The van der Waals surface area contributed by atoms with Gasteiger partial charge in [0.15, 0.2) is 5.79 Å². The molecule has 1 fully saturated rings. The van der Waals surface area contributed by atoms with Crippen LogP contribution in [0, 0.1) is 0 Å². The predicted octanol–water partition coefficient (Wildman–Crippen LogP) is 5.27. The summed E-state index contributed by atoms with van der Waals surface area (Å²) in [5.74, 6) is -0.723. The van der Waals surface area contributed by atoms with Crippen LogP contribution in [0.5, 0.6) is 0 Å². The lowest BCUT2D eigenvalue weighted by molar-refractivity contribution is -0.150. The van der Waals surface area contributed by atoms with Crippen LogP contribution in [-0.2, 0) is 13.9 Å². The van der Waals surface area contributed by atoms with E-state index in [1.165, 1.54) is 10.4 Å². The minimum Gasteiger partial charge on any atom is -0.405 e. The minimum absolute atomic E-state index is 0.114. The Morgan fingerprint density at radius 1 is 0.912 bits per heavy atom. The third kappa shape index (κ3) is 5.22. The first-order valence-corrected chi connectivity index (χ1v) is 14.7. The average molecular weight is 497 g/mol. The van der Waals surface area contributed by atoms with Crippen LogP contribution in [0.25, 0.3) is 0 Å². The van der Waals surface area contributed by atoms with Crippen LogP contribution < -0.4 is 10.4 Å². The molecule has 0 bridgehead atoms. The van der Waals surface area contributed by atoms with Crippen LogP contribution in [0.1, 0.15) is 52.0 Å². The monoisotopic (exact) mass is 496 g/mol. The van der Waals surface area contributed by atoms with Gasteiger partial charge in [-0.25, -0.2) is 0 Å². The van der Waals surface area contributed by atoms with Gasteiger partial charge in [-0.15, -0.1) is 11.3 Å². The fraction of sp³-hybridized carbons (Fsp3) is 0.429. The first-order valence-electron chi connectivity index (χ1n) is 11.9. The second-order valence-corrected chi connectivity index (χ2v) is 15.7. The number of aliphatic hydroxyl groups is 1. The van der Waals surface area contributed by atoms with Crippen LogP contribution in [0.3, 0.4) is 0 Å². The van der Waals surface area contributed by atoms with Gasteiger partial charge in [-0.1, -0.05) is 87.5 Å². The molecule has 2 heterocycles. The molecule has 2 aromatic carbocycles. The van der Waals surface area contributed by atoms with E-state index in [0.29, 0.717) is 13.0 Å². The molecule has 34 heavy (non-hydrogen) atoms. The molecule has 0 saturated carbocycles. The molecule has 1 unspecified atom stereocenters. The van der Waals surface area contributed by atoms with Crippen LogP contribution >= 0.6 is 11.3 Å². The molecule has 3 aromatic rings. The quantitative estimate of drug-likeness (QED) is 0.432. The van der Waals surface area contributed by atoms with Gasteiger partial charge in [0.2, 0.25) is 0 Å².